The summed E-state index contributed by atoms with van der Waals surface area (Å²) < 4.78 is 0. The van der Waals surface area contributed by atoms with Gasteiger partial charge in [-0.25, -0.2) is 4.79 Å². The number of nitrogens with zero attached hydrogens (tertiary/aromatic N) is 4. The van der Waals surface area contributed by atoms with Gasteiger partial charge in [0.05, 0.1) is 5.69 Å². The molecule has 1 aliphatic heterocycles. The molecule has 0 aliphatic carbocycles. The number of piperazine rings is 1. The molecule has 6 heteroatoms. The normalized spacial score (nSPS) is 14.0. The Bertz CT molecular complexity index is 960. The summed E-state index contributed by atoms with van der Waals surface area (Å²) in [5.41, 5.74) is 5.14. The van der Waals surface area contributed by atoms with Crippen molar-refractivity contribution < 1.29 is 4.79 Å². The van der Waals surface area contributed by atoms with E-state index >= 15 is 0 Å². The van der Waals surface area contributed by atoms with E-state index < -0.39 is 0 Å². The number of hydrogen-bond donors (Lipinski definition) is 1. The lowest BCUT2D eigenvalue weighted by Crippen LogP contribution is -2.50. The third-order valence-electron chi connectivity index (χ3n) is 5.19. The minimum absolute atomic E-state index is 0.0608. The predicted octanol–water partition coefficient (Wildman–Crippen LogP) is 4.11. The van der Waals surface area contributed by atoms with Gasteiger partial charge in [-0.15, -0.1) is 10.2 Å². The molecule has 2 aromatic carbocycles. The summed E-state index contributed by atoms with van der Waals surface area (Å²) in [5, 5.41) is 11.8. The molecule has 1 saturated heterocycles. The van der Waals surface area contributed by atoms with Crippen LogP contribution in [0.2, 0.25) is 0 Å². The maximum absolute atomic E-state index is 12.5. The fourth-order valence-electron chi connectivity index (χ4n) is 3.35. The Morgan fingerprint density at radius 1 is 0.793 bits per heavy atom. The van der Waals surface area contributed by atoms with E-state index in [1.54, 1.807) is 0 Å². The van der Waals surface area contributed by atoms with Crippen molar-refractivity contribution in [3.63, 3.8) is 0 Å². The van der Waals surface area contributed by atoms with Gasteiger partial charge in [0.2, 0.25) is 0 Å². The molecule has 2 amide bonds. The summed E-state index contributed by atoms with van der Waals surface area (Å²) in [6.45, 7) is 6.87. The van der Waals surface area contributed by atoms with Crippen molar-refractivity contribution in [3.8, 4) is 11.3 Å². The van der Waals surface area contributed by atoms with E-state index in [0.29, 0.717) is 13.1 Å². The van der Waals surface area contributed by atoms with Gasteiger partial charge in [0.25, 0.3) is 0 Å². The van der Waals surface area contributed by atoms with Gasteiger partial charge in [-0.05, 0) is 38.1 Å². The monoisotopic (exact) mass is 387 g/mol. The van der Waals surface area contributed by atoms with Crippen LogP contribution >= 0.6 is 0 Å². The molecule has 0 spiro atoms. The molecule has 1 aliphatic rings. The van der Waals surface area contributed by atoms with Crippen LogP contribution in [-0.4, -0.2) is 47.3 Å². The first kappa shape index (κ1) is 18.9. The SMILES string of the molecule is Cc1ccc(NC(=O)N2CCN(c3ccc(-c4ccc(C)cc4)nn3)CC2)cc1. The summed E-state index contributed by atoms with van der Waals surface area (Å²) >= 11 is 0. The van der Waals surface area contributed by atoms with Gasteiger partial charge in [0.1, 0.15) is 0 Å². The largest absolute Gasteiger partial charge is 0.352 e. The lowest BCUT2D eigenvalue weighted by atomic mass is 10.1. The molecule has 4 rings (SSSR count). The Kier molecular flexibility index (Phi) is 5.42. The third-order valence-corrected chi connectivity index (χ3v) is 5.19. The quantitative estimate of drug-likeness (QED) is 0.735. The molecule has 0 unspecified atom stereocenters. The van der Waals surface area contributed by atoms with Crippen LogP contribution in [0.3, 0.4) is 0 Å². The maximum atomic E-state index is 12.5. The second-order valence-electron chi connectivity index (χ2n) is 7.41. The van der Waals surface area contributed by atoms with Gasteiger partial charge >= 0.3 is 6.03 Å². The van der Waals surface area contributed by atoms with Crippen molar-refractivity contribution in [3.05, 3.63) is 71.8 Å². The van der Waals surface area contributed by atoms with Crippen molar-refractivity contribution in [2.45, 2.75) is 13.8 Å². The highest BCUT2D eigenvalue weighted by Crippen LogP contribution is 2.20. The number of carbonyl (C=O) groups is 1. The minimum atomic E-state index is -0.0608. The number of amides is 2. The van der Waals surface area contributed by atoms with E-state index in [4.69, 9.17) is 0 Å². The highest BCUT2D eigenvalue weighted by atomic mass is 16.2. The fourth-order valence-corrected chi connectivity index (χ4v) is 3.35. The predicted molar refractivity (Wildman–Crippen MR) is 116 cm³/mol. The first-order valence-corrected chi connectivity index (χ1v) is 9.87. The average Bonchev–Trinajstić information content (AvgIpc) is 2.76. The zero-order valence-corrected chi connectivity index (χ0v) is 16.8. The Morgan fingerprint density at radius 2 is 1.41 bits per heavy atom. The Labute approximate surface area is 171 Å². The van der Waals surface area contributed by atoms with E-state index in [1.807, 2.05) is 48.2 Å². The molecule has 2 heterocycles. The fraction of sp³-hybridized carbons (Fsp3) is 0.261. The topological polar surface area (TPSA) is 61.4 Å². The van der Waals surface area contributed by atoms with Crippen LogP contribution in [0.5, 0.6) is 0 Å². The number of nitrogens with one attached hydrogen (secondary N) is 1. The van der Waals surface area contributed by atoms with Crippen LogP contribution in [0.25, 0.3) is 11.3 Å². The Balaban J connectivity index is 1.33. The third kappa shape index (κ3) is 4.54. The van der Waals surface area contributed by atoms with Crippen LogP contribution in [0.4, 0.5) is 16.3 Å². The van der Waals surface area contributed by atoms with Crippen LogP contribution in [0.1, 0.15) is 11.1 Å². The molecule has 6 nitrogen and oxygen atoms in total. The molecule has 0 radical (unpaired) electrons. The lowest BCUT2D eigenvalue weighted by molar-refractivity contribution is 0.208. The van der Waals surface area contributed by atoms with E-state index in [2.05, 4.69) is 51.6 Å². The summed E-state index contributed by atoms with van der Waals surface area (Å²) in [5.74, 6) is 0.847. The van der Waals surface area contributed by atoms with Crippen molar-refractivity contribution in [1.29, 1.82) is 0 Å². The molecule has 3 aromatic rings. The van der Waals surface area contributed by atoms with Gasteiger partial charge in [-0.1, -0.05) is 47.5 Å². The Morgan fingerprint density at radius 3 is 2.00 bits per heavy atom. The maximum Gasteiger partial charge on any atom is 0.321 e. The van der Waals surface area contributed by atoms with Gasteiger partial charge in [-0.2, -0.15) is 0 Å². The van der Waals surface area contributed by atoms with E-state index in [9.17, 15) is 4.79 Å². The van der Waals surface area contributed by atoms with Crippen molar-refractivity contribution in [2.24, 2.45) is 0 Å². The number of urea groups is 1. The van der Waals surface area contributed by atoms with E-state index in [-0.39, 0.29) is 6.03 Å². The van der Waals surface area contributed by atoms with Crippen molar-refractivity contribution in [2.75, 3.05) is 36.4 Å². The number of benzene rings is 2. The highest BCUT2D eigenvalue weighted by molar-refractivity contribution is 5.89. The van der Waals surface area contributed by atoms with Crippen LogP contribution in [0.15, 0.2) is 60.7 Å². The number of anilines is 2. The Hall–Kier alpha value is -3.41. The second-order valence-corrected chi connectivity index (χ2v) is 7.41. The lowest BCUT2D eigenvalue weighted by Gasteiger charge is -2.35. The molecule has 0 atom stereocenters. The molecule has 0 saturated carbocycles. The minimum Gasteiger partial charge on any atom is -0.352 e. The second kappa shape index (κ2) is 8.31. The molecular formula is C23H25N5O. The summed E-state index contributed by atoms with van der Waals surface area (Å²) in [7, 11) is 0. The summed E-state index contributed by atoms with van der Waals surface area (Å²) in [4.78, 5) is 16.5. The van der Waals surface area contributed by atoms with Gasteiger partial charge < -0.3 is 15.1 Å². The highest BCUT2D eigenvalue weighted by Gasteiger charge is 2.22. The van der Waals surface area contributed by atoms with Gasteiger partial charge in [0.15, 0.2) is 5.82 Å². The summed E-state index contributed by atoms with van der Waals surface area (Å²) in [6, 6.07) is 20.1. The van der Waals surface area contributed by atoms with E-state index in [0.717, 1.165) is 35.9 Å². The number of carbonyl (C=O) groups excluding carboxylic acids is 1. The molecule has 1 N–H and O–H groups in total. The average molecular weight is 387 g/mol. The first-order valence-electron chi connectivity index (χ1n) is 9.87. The van der Waals surface area contributed by atoms with Gasteiger partial charge in [0, 0.05) is 37.4 Å². The molecule has 1 fully saturated rings. The zero-order valence-electron chi connectivity index (χ0n) is 16.8. The molecule has 1 aromatic heterocycles. The number of hydrogen-bond acceptors (Lipinski definition) is 4. The summed E-state index contributed by atoms with van der Waals surface area (Å²) in [6.07, 6.45) is 0. The van der Waals surface area contributed by atoms with Crippen molar-refractivity contribution >= 4 is 17.5 Å². The van der Waals surface area contributed by atoms with Crippen LogP contribution in [-0.2, 0) is 0 Å². The standard InChI is InChI=1S/C23H25N5O/c1-17-3-7-19(8-4-17)21-11-12-22(26-25-21)27-13-15-28(16-14-27)23(29)24-20-9-5-18(2)6-10-20/h3-12H,13-16H2,1-2H3,(H,24,29). The number of rotatable bonds is 3. The van der Waals surface area contributed by atoms with Crippen molar-refractivity contribution in [1.82, 2.24) is 15.1 Å². The molecule has 29 heavy (non-hydrogen) atoms. The van der Waals surface area contributed by atoms with E-state index in [1.165, 1.54) is 11.1 Å². The molecular weight excluding hydrogens is 362 g/mol. The molecule has 148 valence electrons. The number of aromatic nitrogens is 2. The van der Waals surface area contributed by atoms with Crippen LogP contribution in [0, 0.1) is 13.8 Å². The number of aryl methyl sites for hydroxylation is 2. The smallest absolute Gasteiger partial charge is 0.321 e. The first-order chi connectivity index (χ1) is 14.1. The molecule has 0 bridgehead atoms. The zero-order chi connectivity index (χ0) is 20.2. The van der Waals surface area contributed by atoms with Crippen LogP contribution < -0.4 is 10.2 Å². The van der Waals surface area contributed by atoms with Gasteiger partial charge in [-0.3, -0.25) is 0 Å².